The van der Waals surface area contributed by atoms with Crippen molar-refractivity contribution in [2.75, 3.05) is 24.6 Å². The lowest BCUT2D eigenvalue weighted by Crippen LogP contribution is -2.42. The fourth-order valence-electron chi connectivity index (χ4n) is 2.25. The van der Waals surface area contributed by atoms with Gasteiger partial charge in [0.05, 0.1) is 17.6 Å². The first-order valence-electron chi connectivity index (χ1n) is 6.41. The van der Waals surface area contributed by atoms with Gasteiger partial charge < -0.3 is 14.7 Å². The van der Waals surface area contributed by atoms with Crippen LogP contribution >= 0.6 is 0 Å². The van der Waals surface area contributed by atoms with Gasteiger partial charge in [0.1, 0.15) is 5.56 Å². The molecule has 0 saturated carbocycles. The van der Waals surface area contributed by atoms with Gasteiger partial charge in [-0.3, -0.25) is 10.1 Å². The number of nitro groups is 1. The Kier molecular flexibility index (Phi) is 4.19. The van der Waals surface area contributed by atoms with E-state index in [9.17, 15) is 14.9 Å². The van der Waals surface area contributed by atoms with Crippen LogP contribution in [0.4, 0.5) is 11.4 Å². The smallest absolute Gasteiger partial charge is 0.342 e. The zero-order valence-electron chi connectivity index (χ0n) is 11.1. The molecule has 1 saturated heterocycles. The highest BCUT2D eigenvalue weighted by atomic mass is 16.6. The molecule has 1 N–H and O–H groups in total. The minimum Gasteiger partial charge on any atom is -0.477 e. The fraction of sp³-hybridized carbons (Fsp3) is 0.462. The summed E-state index contributed by atoms with van der Waals surface area (Å²) in [5, 5.41) is 19.9. The first-order chi connectivity index (χ1) is 9.52. The molecule has 2 rings (SSSR count). The topological polar surface area (TPSA) is 92.9 Å². The van der Waals surface area contributed by atoms with Gasteiger partial charge in [0.25, 0.3) is 5.69 Å². The molecule has 108 valence electrons. The van der Waals surface area contributed by atoms with E-state index in [-0.39, 0.29) is 17.4 Å². The van der Waals surface area contributed by atoms with Gasteiger partial charge in [0, 0.05) is 24.8 Å². The summed E-state index contributed by atoms with van der Waals surface area (Å²) in [5.74, 6) is -1.29. The first kappa shape index (κ1) is 14.3. The number of aromatic carboxylic acids is 1. The van der Waals surface area contributed by atoms with Gasteiger partial charge in [-0.15, -0.1) is 0 Å². The SMILES string of the molecule is CCC1CN(c2ccc([N+](=O)[O-])c(C(=O)O)c2)CCO1. The van der Waals surface area contributed by atoms with E-state index < -0.39 is 10.9 Å². The lowest BCUT2D eigenvalue weighted by molar-refractivity contribution is -0.385. The largest absolute Gasteiger partial charge is 0.477 e. The van der Waals surface area contributed by atoms with Gasteiger partial charge in [0.2, 0.25) is 0 Å². The number of hydrogen-bond donors (Lipinski definition) is 1. The van der Waals surface area contributed by atoms with Crippen LogP contribution in [0.3, 0.4) is 0 Å². The Morgan fingerprint density at radius 2 is 2.35 bits per heavy atom. The number of nitro benzene ring substituents is 1. The van der Waals surface area contributed by atoms with Gasteiger partial charge in [0.15, 0.2) is 0 Å². The Balaban J connectivity index is 2.31. The van der Waals surface area contributed by atoms with Crippen LogP contribution in [-0.2, 0) is 4.74 Å². The Morgan fingerprint density at radius 1 is 1.60 bits per heavy atom. The van der Waals surface area contributed by atoms with Crippen LogP contribution in [0.25, 0.3) is 0 Å². The van der Waals surface area contributed by atoms with Crippen molar-refractivity contribution in [1.29, 1.82) is 0 Å². The highest BCUT2D eigenvalue weighted by Crippen LogP contribution is 2.26. The molecule has 1 unspecified atom stereocenters. The number of rotatable bonds is 4. The molecule has 0 radical (unpaired) electrons. The molecule has 7 nitrogen and oxygen atoms in total. The summed E-state index contributed by atoms with van der Waals surface area (Å²) in [5.41, 5.74) is 0.00309. The summed E-state index contributed by atoms with van der Waals surface area (Å²) in [4.78, 5) is 23.3. The van der Waals surface area contributed by atoms with E-state index in [0.29, 0.717) is 25.4 Å². The molecule has 1 aromatic rings. The average molecular weight is 280 g/mol. The zero-order chi connectivity index (χ0) is 14.7. The molecule has 0 amide bonds. The summed E-state index contributed by atoms with van der Waals surface area (Å²) in [6.45, 7) is 3.89. The van der Waals surface area contributed by atoms with Crippen LogP contribution < -0.4 is 4.90 Å². The van der Waals surface area contributed by atoms with Gasteiger partial charge in [-0.05, 0) is 18.6 Å². The number of ether oxygens (including phenoxy) is 1. The number of carboxylic acid groups (broad SMARTS) is 1. The van der Waals surface area contributed by atoms with E-state index in [1.54, 1.807) is 6.07 Å². The maximum atomic E-state index is 11.1. The molecule has 1 aliphatic rings. The number of carbonyl (C=O) groups is 1. The summed E-state index contributed by atoms with van der Waals surface area (Å²) < 4.78 is 5.55. The third kappa shape index (κ3) is 2.88. The van der Waals surface area contributed by atoms with Crippen molar-refractivity contribution in [3.05, 3.63) is 33.9 Å². The molecule has 1 aliphatic heterocycles. The quantitative estimate of drug-likeness (QED) is 0.669. The second kappa shape index (κ2) is 5.87. The van der Waals surface area contributed by atoms with E-state index in [0.717, 1.165) is 6.42 Å². The Bertz CT molecular complexity index is 531. The fourth-order valence-corrected chi connectivity index (χ4v) is 2.25. The Morgan fingerprint density at radius 3 is 2.95 bits per heavy atom. The third-order valence-electron chi connectivity index (χ3n) is 3.37. The zero-order valence-corrected chi connectivity index (χ0v) is 11.1. The van der Waals surface area contributed by atoms with Crippen molar-refractivity contribution >= 4 is 17.3 Å². The summed E-state index contributed by atoms with van der Waals surface area (Å²) in [6.07, 6.45) is 0.974. The van der Waals surface area contributed by atoms with Crippen LogP contribution in [-0.4, -0.2) is 41.8 Å². The molecular formula is C13H16N2O5. The van der Waals surface area contributed by atoms with Crippen molar-refractivity contribution in [3.63, 3.8) is 0 Å². The van der Waals surface area contributed by atoms with Crippen molar-refractivity contribution in [2.24, 2.45) is 0 Å². The maximum absolute atomic E-state index is 11.1. The Hall–Kier alpha value is -2.15. The van der Waals surface area contributed by atoms with Crippen LogP contribution in [0, 0.1) is 10.1 Å². The number of morpholine rings is 1. The Labute approximate surface area is 115 Å². The highest BCUT2D eigenvalue weighted by molar-refractivity contribution is 5.93. The first-order valence-corrected chi connectivity index (χ1v) is 6.41. The predicted octanol–water partition coefficient (Wildman–Crippen LogP) is 1.91. The van der Waals surface area contributed by atoms with E-state index in [1.165, 1.54) is 12.1 Å². The molecule has 1 atom stereocenters. The minimum absolute atomic E-state index is 0.104. The second-order valence-corrected chi connectivity index (χ2v) is 4.61. The summed E-state index contributed by atoms with van der Waals surface area (Å²) >= 11 is 0. The molecule has 0 spiro atoms. The van der Waals surface area contributed by atoms with Gasteiger partial charge >= 0.3 is 5.97 Å². The van der Waals surface area contributed by atoms with Crippen LogP contribution in [0.5, 0.6) is 0 Å². The predicted molar refractivity (Wildman–Crippen MR) is 72.3 cm³/mol. The monoisotopic (exact) mass is 280 g/mol. The molecule has 1 heterocycles. The van der Waals surface area contributed by atoms with Crippen molar-refractivity contribution in [2.45, 2.75) is 19.4 Å². The molecule has 7 heteroatoms. The van der Waals surface area contributed by atoms with E-state index in [2.05, 4.69) is 0 Å². The molecule has 20 heavy (non-hydrogen) atoms. The third-order valence-corrected chi connectivity index (χ3v) is 3.37. The van der Waals surface area contributed by atoms with Crippen molar-refractivity contribution < 1.29 is 19.6 Å². The summed E-state index contributed by atoms with van der Waals surface area (Å²) in [7, 11) is 0. The average Bonchev–Trinajstić information content (AvgIpc) is 2.46. The van der Waals surface area contributed by atoms with E-state index in [1.807, 2.05) is 11.8 Å². The van der Waals surface area contributed by atoms with Crippen molar-refractivity contribution in [1.82, 2.24) is 0 Å². The summed E-state index contributed by atoms with van der Waals surface area (Å²) in [6, 6.07) is 4.19. The van der Waals surface area contributed by atoms with Crippen LogP contribution in [0.1, 0.15) is 23.7 Å². The van der Waals surface area contributed by atoms with E-state index >= 15 is 0 Å². The maximum Gasteiger partial charge on any atom is 0.342 e. The number of carboxylic acids is 1. The normalized spacial score (nSPS) is 18.9. The van der Waals surface area contributed by atoms with Gasteiger partial charge in [-0.25, -0.2) is 4.79 Å². The van der Waals surface area contributed by atoms with Crippen LogP contribution in [0.2, 0.25) is 0 Å². The lowest BCUT2D eigenvalue weighted by atomic mass is 10.1. The molecule has 0 aromatic heterocycles. The standard InChI is InChI=1S/C13H16N2O5/c1-2-10-8-14(5-6-20-10)9-3-4-12(15(18)19)11(7-9)13(16)17/h3-4,7,10H,2,5-6,8H2,1H3,(H,16,17). The molecule has 0 bridgehead atoms. The van der Waals surface area contributed by atoms with Crippen molar-refractivity contribution in [3.8, 4) is 0 Å². The minimum atomic E-state index is -1.29. The number of benzene rings is 1. The van der Waals surface area contributed by atoms with Gasteiger partial charge in [-0.1, -0.05) is 6.92 Å². The molecular weight excluding hydrogens is 264 g/mol. The number of nitrogens with zero attached hydrogens (tertiary/aromatic N) is 2. The second-order valence-electron chi connectivity index (χ2n) is 4.61. The lowest BCUT2D eigenvalue weighted by Gasteiger charge is -2.34. The molecule has 1 aromatic carbocycles. The molecule has 0 aliphatic carbocycles. The number of anilines is 1. The highest BCUT2D eigenvalue weighted by Gasteiger charge is 2.24. The van der Waals surface area contributed by atoms with Crippen LogP contribution in [0.15, 0.2) is 18.2 Å². The number of hydrogen-bond acceptors (Lipinski definition) is 5. The molecule has 1 fully saturated rings. The van der Waals surface area contributed by atoms with Gasteiger partial charge in [-0.2, -0.15) is 0 Å². The van der Waals surface area contributed by atoms with E-state index in [4.69, 9.17) is 9.84 Å².